The van der Waals surface area contributed by atoms with E-state index in [1.807, 2.05) is 0 Å². The molecule has 0 atom stereocenters. The van der Waals surface area contributed by atoms with Crippen LogP contribution in [0.25, 0.3) is 33.0 Å². The lowest BCUT2D eigenvalue weighted by Crippen LogP contribution is -2.29. The summed E-state index contributed by atoms with van der Waals surface area (Å²) in [6, 6.07) is 68.5. The van der Waals surface area contributed by atoms with Crippen molar-refractivity contribution in [1.82, 2.24) is 0 Å². The molecule has 12 rings (SSSR count). The van der Waals surface area contributed by atoms with E-state index in [1.54, 1.807) is 0 Å². The summed E-state index contributed by atoms with van der Waals surface area (Å²) in [6.07, 6.45) is 13.0. The minimum Gasteiger partial charge on any atom is -0.310 e. The second-order valence-corrected chi connectivity index (χ2v) is 19.6. The predicted octanol–water partition coefficient (Wildman–Crippen LogP) is 17.1. The Hall–Kier alpha value is -6.18. The molecule has 8 aromatic carbocycles. The number of anilines is 3. The summed E-state index contributed by atoms with van der Waals surface area (Å²) >= 11 is 0. The molecule has 0 spiro atoms. The average molecular weight is 816 g/mol. The molecule has 4 aliphatic carbocycles. The maximum atomic E-state index is 2.68. The number of rotatable bonds is 7. The van der Waals surface area contributed by atoms with Gasteiger partial charge in [-0.3, -0.25) is 0 Å². The highest BCUT2D eigenvalue weighted by Gasteiger charge is 2.47. The minimum atomic E-state index is -0.494. The van der Waals surface area contributed by atoms with Gasteiger partial charge in [-0.15, -0.1) is 0 Å². The Kier molecular flexibility index (Phi) is 9.33. The van der Waals surface area contributed by atoms with Crippen LogP contribution in [0.3, 0.4) is 0 Å². The lowest BCUT2D eigenvalue weighted by Gasteiger charge is -2.36. The first kappa shape index (κ1) is 38.5. The van der Waals surface area contributed by atoms with E-state index < -0.39 is 5.41 Å². The monoisotopic (exact) mass is 815 g/mol. The third kappa shape index (κ3) is 6.02. The number of nitrogens with zero attached hydrogens (tertiary/aromatic N) is 1. The Morgan fingerprint density at radius 3 is 1.62 bits per heavy atom. The Bertz CT molecular complexity index is 2960. The summed E-state index contributed by atoms with van der Waals surface area (Å²) in [6.45, 7) is 4.83. The van der Waals surface area contributed by atoms with Gasteiger partial charge in [0.05, 0.1) is 11.1 Å². The SMILES string of the molecule is CC1(C)c2ccccc2-c2ccc(N(c3ccc4c(c3)C(c3ccccc3)(c3ccccc3)c3cc(C5CCCCC5)ccc3-4)c3c(C4CCCCC4)ccc4ccccc34)cc21. The van der Waals surface area contributed by atoms with Crippen molar-refractivity contribution in [3.05, 3.63) is 220 Å². The molecule has 63 heavy (non-hydrogen) atoms. The first-order valence-corrected chi connectivity index (χ1v) is 24.0. The third-order valence-corrected chi connectivity index (χ3v) is 15.9. The average Bonchev–Trinajstić information content (AvgIpc) is 3.77. The predicted molar refractivity (Wildman–Crippen MR) is 265 cm³/mol. The number of hydrogen-bond acceptors (Lipinski definition) is 1. The summed E-state index contributed by atoms with van der Waals surface area (Å²) < 4.78 is 0. The molecule has 4 aliphatic rings. The summed E-state index contributed by atoms with van der Waals surface area (Å²) in [7, 11) is 0. The number of fused-ring (bicyclic) bond motifs is 7. The molecule has 1 heteroatoms. The van der Waals surface area contributed by atoms with Gasteiger partial charge in [0.1, 0.15) is 0 Å². The van der Waals surface area contributed by atoms with Gasteiger partial charge >= 0.3 is 0 Å². The van der Waals surface area contributed by atoms with Gasteiger partial charge in [0.2, 0.25) is 0 Å². The Labute approximate surface area is 374 Å². The van der Waals surface area contributed by atoms with E-state index in [9.17, 15) is 0 Å². The minimum absolute atomic E-state index is 0.121. The zero-order valence-electron chi connectivity index (χ0n) is 36.9. The summed E-state index contributed by atoms with van der Waals surface area (Å²) in [5.74, 6) is 1.13. The van der Waals surface area contributed by atoms with Crippen molar-refractivity contribution < 1.29 is 0 Å². The Morgan fingerprint density at radius 1 is 0.413 bits per heavy atom. The van der Waals surface area contributed by atoms with Gasteiger partial charge in [-0.2, -0.15) is 0 Å². The van der Waals surface area contributed by atoms with Gasteiger partial charge in [-0.25, -0.2) is 0 Å². The number of benzene rings is 8. The van der Waals surface area contributed by atoms with Crippen LogP contribution in [-0.2, 0) is 10.8 Å². The van der Waals surface area contributed by atoms with Crippen LogP contribution in [0.4, 0.5) is 17.1 Å². The molecular formula is C62H57N. The van der Waals surface area contributed by atoms with E-state index in [0.29, 0.717) is 11.8 Å². The van der Waals surface area contributed by atoms with Crippen molar-refractivity contribution in [2.45, 2.75) is 101 Å². The molecule has 0 bridgehead atoms. The second-order valence-electron chi connectivity index (χ2n) is 19.6. The normalized spacial score (nSPS) is 17.5. The van der Waals surface area contributed by atoms with Crippen LogP contribution >= 0.6 is 0 Å². The van der Waals surface area contributed by atoms with Crippen molar-refractivity contribution in [2.24, 2.45) is 0 Å². The van der Waals surface area contributed by atoms with Crippen LogP contribution < -0.4 is 4.90 Å². The van der Waals surface area contributed by atoms with Gasteiger partial charge < -0.3 is 4.90 Å². The molecule has 0 saturated heterocycles. The first-order chi connectivity index (χ1) is 31.0. The molecule has 0 aliphatic heterocycles. The molecule has 0 unspecified atom stereocenters. The van der Waals surface area contributed by atoms with E-state index in [2.05, 4.69) is 195 Å². The molecular weight excluding hydrogens is 759 g/mol. The van der Waals surface area contributed by atoms with E-state index in [1.165, 1.54) is 159 Å². The van der Waals surface area contributed by atoms with Crippen molar-refractivity contribution >= 4 is 27.8 Å². The zero-order valence-corrected chi connectivity index (χ0v) is 36.9. The summed E-state index contributed by atoms with van der Waals surface area (Å²) in [4.78, 5) is 2.68. The molecule has 0 N–H and O–H groups in total. The van der Waals surface area contributed by atoms with Crippen LogP contribution in [0.15, 0.2) is 176 Å². The van der Waals surface area contributed by atoms with E-state index in [0.717, 1.165) is 0 Å². The number of hydrogen-bond donors (Lipinski definition) is 0. The van der Waals surface area contributed by atoms with Gasteiger partial charge in [-0.05, 0) is 134 Å². The standard InChI is InChI=1S/C62H57N/c1-61(2)56-30-18-17-29-52(56)53-37-33-48(40-57(53)61)63(60-50-28-16-15-23-44(50)31-35-51(60)43-21-9-4-10-22-43)49-34-38-55-54-36-32-45(42-19-7-3-8-20-42)39-58(54)62(59(55)41-49,46-24-11-5-12-25-46)47-26-13-6-14-27-47/h5-6,11-18,23-43H,3-4,7-10,19-22H2,1-2H3. The van der Waals surface area contributed by atoms with Gasteiger partial charge in [0.25, 0.3) is 0 Å². The van der Waals surface area contributed by atoms with Crippen molar-refractivity contribution in [2.75, 3.05) is 4.90 Å². The molecule has 310 valence electrons. The van der Waals surface area contributed by atoms with Crippen LogP contribution in [0.1, 0.15) is 134 Å². The topological polar surface area (TPSA) is 3.24 Å². The van der Waals surface area contributed by atoms with Crippen molar-refractivity contribution in [3.63, 3.8) is 0 Å². The highest BCUT2D eigenvalue weighted by Crippen LogP contribution is 2.59. The summed E-state index contributed by atoms with van der Waals surface area (Å²) in [5, 5.41) is 2.61. The van der Waals surface area contributed by atoms with E-state index in [-0.39, 0.29) is 5.41 Å². The lowest BCUT2D eigenvalue weighted by atomic mass is 9.67. The highest BCUT2D eigenvalue weighted by molar-refractivity contribution is 6.02. The summed E-state index contributed by atoms with van der Waals surface area (Å²) in [5.41, 5.74) is 19.8. The first-order valence-electron chi connectivity index (χ1n) is 24.0. The Balaban J connectivity index is 1.15. The van der Waals surface area contributed by atoms with E-state index >= 15 is 0 Å². The van der Waals surface area contributed by atoms with Crippen LogP contribution in [-0.4, -0.2) is 0 Å². The third-order valence-electron chi connectivity index (χ3n) is 15.9. The molecule has 0 radical (unpaired) electrons. The fourth-order valence-electron chi connectivity index (χ4n) is 12.8. The molecule has 2 saturated carbocycles. The molecule has 1 nitrogen and oxygen atoms in total. The van der Waals surface area contributed by atoms with E-state index in [4.69, 9.17) is 0 Å². The van der Waals surface area contributed by atoms with Crippen LogP contribution in [0.2, 0.25) is 0 Å². The quantitative estimate of drug-likeness (QED) is 0.155. The smallest absolute Gasteiger partial charge is 0.0714 e. The highest BCUT2D eigenvalue weighted by atomic mass is 15.1. The second kappa shape index (κ2) is 15.3. The largest absolute Gasteiger partial charge is 0.310 e. The van der Waals surface area contributed by atoms with Crippen LogP contribution in [0, 0.1) is 0 Å². The van der Waals surface area contributed by atoms with Gasteiger partial charge in [-0.1, -0.05) is 204 Å². The molecule has 2 fully saturated rings. The lowest BCUT2D eigenvalue weighted by molar-refractivity contribution is 0.443. The molecule has 8 aromatic rings. The molecule has 0 aromatic heterocycles. The fraction of sp³-hybridized carbons (Fsp3) is 0.258. The van der Waals surface area contributed by atoms with Crippen LogP contribution in [0.5, 0.6) is 0 Å². The molecule has 0 heterocycles. The van der Waals surface area contributed by atoms with Crippen molar-refractivity contribution in [1.29, 1.82) is 0 Å². The van der Waals surface area contributed by atoms with Crippen molar-refractivity contribution in [3.8, 4) is 22.3 Å². The maximum absolute atomic E-state index is 2.68. The van der Waals surface area contributed by atoms with Gasteiger partial charge in [0, 0.05) is 22.2 Å². The fourth-order valence-corrected chi connectivity index (χ4v) is 12.8. The zero-order chi connectivity index (χ0) is 42.1. The molecule has 0 amide bonds. The van der Waals surface area contributed by atoms with Gasteiger partial charge in [0.15, 0.2) is 0 Å². The Morgan fingerprint density at radius 2 is 0.937 bits per heavy atom. The maximum Gasteiger partial charge on any atom is 0.0714 e.